The maximum absolute atomic E-state index is 13.1. The Balaban J connectivity index is 1.41. The molecule has 0 N–H and O–H groups in total. The Morgan fingerprint density at radius 1 is 1.17 bits per heavy atom. The van der Waals surface area contributed by atoms with Gasteiger partial charge in [-0.15, -0.1) is 0 Å². The third-order valence-corrected chi connectivity index (χ3v) is 5.61. The number of amides is 1. The zero-order chi connectivity index (χ0) is 21.3. The van der Waals surface area contributed by atoms with Crippen LogP contribution in [0.15, 0.2) is 48.5 Å². The van der Waals surface area contributed by atoms with Crippen LogP contribution in [0.3, 0.4) is 0 Å². The zero-order valence-electron chi connectivity index (χ0n) is 17.6. The maximum atomic E-state index is 13.1. The van der Waals surface area contributed by atoms with Crippen molar-refractivity contribution in [2.75, 3.05) is 26.3 Å². The number of morpholine rings is 1. The number of carbonyl (C=O) groups excluding carboxylic acids is 2. The quantitative estimate of drug-likeness (QED) is 0.608. The monoisotopic (exact) mass is 406 g/mol. The first-order valence-electron chi connectivity index (χ1n) is 10.1. The molecule has 1 aromatic heterocycles. The Morgan fingerprint density at radius 2 is 1.97 bits per heavy atom. The van der Waals surface area contributed by atoms with E-state index in [9.17, 15) is 9.59 Å². The number of aryl methyl sites for hydroxylation is 2. The van der Waals surface area contributed by atoms with Crippen molar-refractivity contribution in [2.45, 2.75) is 20.0 Å². The van der Waals surface area contributed by atoms with Gasteiger partial charge in [-0.3, -0.25) is 9.59 Å². The molecule has 1 unspecified atom stereocenters. The summed E-state index contributed by atoms with van der Waals surface area (Å²) in [6.07, 6.45) is -0.204. The minimum atomic E-state index is -0.204. The minimum Gasteiger partial charge on any atom is -0.491 e. The summed E-state index contributed by atoms with van der Waals surface area (Å²) in [5.41, 5.74) is 3.30. The van der Waals surface area contributed by atoms with Crippen molar-refractivity contribution in [3.05, 3.63) is 65.4 Å². The smallest absolute Gasteiger partial charge is 0.270 e. The van der Waals surface area contributed by atoms with Crippen molar-refractivity contribution in [1.82, 2.24) is 9.47 Å². The lowest BCUT2D eigenvalue weighted by Crippen LogP contribution is -2.48. The van der Waals surface area contributed by atoms with E-state index in [0.29, 0.717) is 43.3 Å². The number of carbonyl (C=O) groups is 2. The second kappa shape index (κ2) is 8.32. The zero-order valence-corrected chi connectivity index (χ0v) is 17.6. The van der Waals surface area contributed by atoms with Gasteiger partial charge in [0.1, 0.15) is 24.2 Å². The number of nitrogens with zero attached hydrogens (tertiary/aromatic N) is 2. The molecule has 2 heterocycles. The fourth-order valence-corrected chi connectivity index (χ4v) is 3.97. The van der Waals surface area contributed by atoms with Crippen LogP contribution in [0.2, 0.25) is 0 Å². The van der Waals surface area contributed by atoms with E-state index in [4.69, 9.17) is 9.47 Å². The Kier molecular flexibility index (Phi) is 5.59. The van der Waals surface area contributed by atoms with Gasteiger partial charge in [0.2, 0.25) is 0 Å². The fraction of sp³-hybridized carbons (Fsp3) is 0.333. The normalized spacial score (nSPS) is 16.6. The summed E-state index contributed by atoms with van der Waals surface area (Å²) >= 11 is 0. The molecule has 3 aromatic rings. The Hall–Kier alpha value is -3.12. The molecule has 6 nitrogen and oxygen atoms in total. The van der Waals surface area contributed by atoms with Crippen molar-refractivity contribution in [3.63, 3.8) is 0 Å². The van der Waals surface area contributed by atoms with Crippen LogP contribution in [0.1, 0.15) is 33.3 Å². The molecule has 1 amide bonds. The number of para-hydroxylation sites is 1. The molecule has 156 valence electrons. The van der Waals surface area contributed by atoms with Gasteiger partial charge >= 0.3 is 0 Å². The third kappa shape index (κ3) is 3.96. The molecule has 1 saturated heterocycles. The summed E-state index contributed by atoms with van der Waals surface area (Å²) < 4.78 is 13.6. The van der Waals surface area contributed by atoms with Crippen LogP contribution in [-0.4, -0.2) is 53.6 Å². The Morgan fingerprint density at radius 3 is 2.70 bits per heavy atom. The largest absolute Gasteiger partial charge is 0.491 e. The summed E-state index contributed by atoms with van der Waals surface area (Å²) in [4.78, 5) is 26.5. The van der Waals surface area contributed by atoms with Crippen molar-refractivity contribution in [2.24, 2.45) is 7.05 Å². The van der Waals surface area contributed by atoms with Crippen molar-refractivity contribution < 1.29 is 19.1 Å². The first kappa shape index (κ1) is 20.2. The predicted octanol–water partition coefficient (Wildman–Crippen LogP) is 3.61. The molecule has 0 spiro atoms. The van der Waals surface area contributed by atoms with Gasteiger partial charge in [-0.05, 0) is 49.7 Å². The number of ether oxygens (including phenoxy) is 2. The van der Waals surface area contributed by atoms with E-state index in [0.717, 1.165) is 16.5 Å². The summed E-state index contributed by atoms with van der Waals surface area (Å²) in [5.74, 6) is 0.735. The van der Waals surface area contributed by atoms with Gasteiger partial charge in [-0.2, -0.15) is 0 Å². The van der Waals surface area contributed by atoms with Crippen LogP contribution in [0, 0.1) is 6.92 Å². The standard InChI is InChI=1S/C24H26N2O4/c1-16-12-19(8-9-21(16)17(2)27)30-15-20-14-26(10-11-29-20)24(28)23-13-18-6-4-5-7-22(18)25(23)3/h4-9,12-13,20H,10-11,14-15H2,1-3H3. The second-order valence-corrected chi connectivity index (χ2v) is 7.74. The van der Waals surface area contributed by atoms with Gasteiger partial charge in [0.25, 0.3) is 5.91 Å². The molecular formula is C24H26N2O4. The molecule has 1 atom stereocenters. The number of benzene rings is 2. The first-order chi connectivity index (χ1) is 14.4. The molecule has 30 heavy (non-hydrogen) atoms. The number of rotatable bonds is 5. The van der Waals surface area contributed by atoms with Gasteiger partial charge < -0.3 is 18.9 Å². The van der Waals surface area contributed by atoms with Gasteiger partial charge in [-0.25, -0.2) is 0 Å². The number of aromatic nitrogens is 1. The highest BCUT2D eigenvalue weighted by Crippen LogP contribution is 2.22. The number of Topliss-reactive ketones (excluding diaryl/α,β-unsaturated/α-hetero) is 1. The predicted molar refractivity (Wildman–Crippen MR) is 115 cm³/mol. The molecule has 1 aliphatic rings. The van der Waals surface area contributed by atoms with E-state index in [1.807, 2.05) is 59.8 Å². The first-order valence-corrected chi connectivity index (χ1v) is 10.1. The second-order valence-electron chi connectivity index (χ2n) is 7.74. The van der Waals surface area contributed by atoms with Crippen LogP contribution in [-0.2, 0) is 11.8 Å². The molecule has 0 radical (unpaired) electrons. The Labute approximate surface area is 176 Å². The summed E-state index contributed by atoms with van der Waals surface area (Å²) in [6, 6.07) is 15.4. The maximum Gasteiger partial charge on any atom is 0.270 e. The van der Waals surface area contributed by atoms with E-state index in [-0.39, 0.29) is 17.8 Å². The molecule has 2 aromatic carbocycles. The van der Waals surface area contributed by atoms with Gasteiger partial charge in [-0.1, -0.05) is 18.2 Å². The average Bonchev–Trinajstić information content (AvgIpc) is 3.08. The molecule has 1 fully saturated rings. The minimum absolute atomic E-state index is 0.00338. The molecule has 0 aliphatic carbocycles. The number of hydrogen-bond acceptors (Lipinski definition) is 4. The van der Waals surface area contributed by atoms with Gasteiger partial charge in [0, 0.05) is 30.1 Å². The summed E-state index contributed by atoms with van der Waals surface area (Å²) in [5, 5.41) is 1.06. The number of hydrogen-bond donors (Lipinski definition) is 0. The van der Waals surface area contributed by atoms with Crippen LogP contribution >= 0.6 is 0 Å². The molecular weight excluding hydrogens is 380 g/mol. The van der Waals surface area contributed by atoms with E-state index >= 15 is 0 Å². The van der Waals surface area contributed by atoms with Crippen molar-refractivity contribution >= 4 is 22.6 Å². The van der Waals surface area contributed by atoms with Crippen LogP contribution in [0.25, 0.3) is 10.9 Å². The SMILES string of the molecule is CC(=O)c1ccc(OCC2CN(C(=O)c3cc4ccccc4n3C)CCO2)cc1C. The van der Waals surface area contributed by atoms with Crippen molar-refractivity contribution in [1.29, 1.82) is 0 Å². The summed E-state index contributed by atoms with van der Waals surface area (Å²) in [7, 11) is 1.92. The molecule has 1 aliphatic heterocycles. The molecule has 0 bridgehead atoms. The van der Waals surface area contributed by atoms with Crippen LogP contribution in [0.5, 0.6) is 5.75 Å². The average molecular weight is 406 g/mol. The van der Waals surface area contributed by atoms with E-state index in [2.05, 4.69) is 0 Å². The van der Waals surface area contributed by atoms with Crippen LogP contribution < -0.4 is 4.74 Å². The lowest BCUT2D eigenvalue weighted by molar-refractivity contribution is -0.0403. The third-order valence-electron chi connectivity index (χ3n) is 5.61. The van der Waals surface area contributed by atoms with Crippen molar-refractivity contribution in [3.8, 4) is 5.75 Å². The Bertz CT molecular complexity index is 1100. The van der Waals surface area contributed by atoms with E-state index in [1.165, 1.54) is 0 Å². The highest BCUT2D eigenvalue weighted by atomic mass is 16.5. The lowest BCUT2D eigenvalue weighted by Gasteiger charge is -2.33. The van der Waals surface area contributed by atoms with Gasteiger partial charge in [0.05, 0.1) is 13.2 Å². The van der Waals surface area contributed by atoms with Crippen LogP contribution in [0.4, 0.5) is 0 Å². The highest BCUT2D eigenvalue weighted by Gasteiger charge is 2.27. The topological polar surface area (TPSA) is 60.8 Å². The lowest BCUT2D eigenvalue weighted by atomic mass is 10.1. The van der Waals surface area contributed by atoms with E-state index in [1.54, 1.807) is 19.1 Å². The number of ketones is 1. The van der Waals surface area contributed by atoms with E-state index < -0.39 is 0 Å². The molecule has 4 rings (SSSR count). The molecule has 0 saturated carbocycles. The van der Waals surface area contributed by atoms with Gasteiger partial charge in [0.15, 0.2) is 5.78 Å². The molecule has 6 heteroatoms. The fourth-order valence-electron chi connectivity index (χ4n) is 3.97. The summed E-state index contributed by atoms with van der Waals surface area (Å²) in [6.45, 7) is 5.31. The number of fused-ring (bicyclic) bond motifs is 1. The highest BCUT2D eigenvalue weighted by molar-refractivity contribution is 5.98.